The van der Waals surface area contributed by atoms with Gasteiger partial charge in [-0.2, -0.15) is 5.10 Å². The van der Waals surface area contributed by atoms with Gasteiger partial charge in [0.2, 0.25) is 5.91 Å². The summed E-state index contributed by atoms with van der Waals surface area (Å²) in [5.74, 6) is 0.668. The van der Waals surface area contributed by atoms with Crippen molar-refractivity contribution in [3.63, 3.8) is 0 Å². The minimum atomic E-state index is -0.231. The lowest BCUT2D eigenvalue weighted by Crippen LogP contribution is -2.34. The normalized spacial score (nSPS) is 15.0. The van der Waals surface area contributed by atoms with E-state index >= 15 is 0 Å². The number of hydrogen-bond acceptors (Lipinski definition) is 5. The number of nitrogens with zero attached hydrogens (tertiary/aromatic N) is 5. The van der Waals surface area contributed by atoms with Crippen LogP contribution in [0.5, 0.6) is 0 Å². The Hall–Kier alpha value is -3.10. The smallest absolute Gasteiger partial charge is 0.265 e. The number of amides is 1. The molecule has 0 fully saturated rings. The highest BCUT2D eigenvalue weighted by molar-refractivity contribution is 7.99. The maximum absolute atomic E-state index is 13.4. The second kappa shape index (κ2) is 9.03. The van der Waals surface area contributed by atoms with Gasteiger partial charge in [-0.15, -0.1) is 0 Å². The van der Waals surface area contributed by atoms with Gasteiger partial charge in [0, 0.05) is 30.3 Å². The van der Waals surface area contributed by atoms with Gasteiger partial charge in [-0.1, -0.05) is 53.7 Å². The van der Waals surface area contributed by atoms with Gasteiger partial charge in [-0.3, -0.25) is 14.2 Å². The first-order chi connectivity index (χ1) is 16.0. The number of thioether (sulfide) groups is 1. The van der Waals surface area contributed by atoms with Crippen molar-refractivity contribution in [1.29, 1.82) is 0 Å². The zero-order chi connectivity index (χ0) is 22.9. The molecule has 0 spiro atoms. The van der Waals surface area contributed by atoms with Crippen LogP contribution in [0.2, 0.25) is 5.02 Å². The fourth-order valence-corrected chi connectivity index (χ4v) is 5.32. The van der Waals surface area contributed by atoms with Gasteiger partial charge >= 0.3 is 0 Å². The molecule has 5 rings (SSSR count). The number of rotatable bonds is 6. The average Bonchev–Trinajstić information content (AvgIpc) is 3.43. The van der Waals surface area contributed by atoms with Crippen molar-refractivity contribution in [2.24, 2.45) is 0 Å². The summed E-state index contributed by atoms with van der Waals surface area (Å²) in [6.07, 6.45) is 1.81. The lowest BCUT2D eigenvalue weighted by Gasteiger charge is -2.23. The van der Waals surface area contributed by atoms with Gasteiger partial charge in [0.25, 0.3) is 5.56 Å². The summed E-state index contributed by atoms with van der Waals surface area (Å²) in [6.45, 7) is 3.14. The van der Waals surface area contributed by atoms with Crippen LogP contribution in [-0.4, -0.2) is 42.4 Å². The SMILES string of the molecule is CCN(Cc1ccccc1)C(=O)CC1CSc2nc3c(cnn3-c3ccc(Cl)cc3)c(=O)n21. The van der Waals surface area contributed by atoms with Crippen LogP contribution in [0.3, 0.4) is 0 Å². The van der Waals surface area contributed by atoms with Gasteiger partial charge < -0.3 is 4.90 Å². The van der Waals surface area contributed by atoms with Crippen molar-refractivity contribution in [2.75, 3.05) is 12.3 Å². The van der Waals surface area contributed by atoms with Crippen LogP contribution in [0.4, 0.5) is 0 Å². The average molecular weight is 480 g/mol. The molecule has 2 aromatic carbocycles. The maximum Gasteiger partial charge on any atom is 0.265 e. The number of halogens is 1. The third-order valence-corrected chi connectivity index (χ3v) is 7.15. The Balaban J connectivity index is 1.42. The highest BCUT2D eigenvalue weighted by Crippen LogP contribution is 2.34. The van der Waals surface area contributed by atoms with E-state index in [1.807, 2.05) is 54.3 Å². The van der Waals surface area contributed by atoms with Crippen molar-refractivity contribution in [2.45, 2.75) is 31.1 Å². The Labute approximate surface area is 200 Å². The lowest BCUT2D eigenvalue weighted by molar-refractivity contribution is -0.132. The predicted octanol–water partition coefficient (Wildman–Crippen LogP) is 4.32. The summed E-state index contributed by atoms with van der Waals surface area (Å²) in [6, 6.07) is 16.9. The molecule has 33 heavy (non-hydrogen) atoms. The number of fused-ring (bicyclic) bond motifs is 2. The Kier molecular flexibility index (Phi) is 5.95. The van der Waals surface area contributed by atoms with E-state index in [1.54, 1.807) is 27.6 Å². The molecule has 0 saturated carbocycles. The van der Waals surface area contributed by atoms with Gasteiger partial charge in [0.1, 0.15) is 5.39 Å². The van der Waals surface area contributed by atoms with Crippen LogP contribution in [0.15, 0.2) is 70.7 Å². The number of aromatic nitrogens is 4. The Morgan fingerprint density at radius 3 is 2.67 bits per heavy atom. The molecule has 0 bridgehead atoms. The van der Waals surface area contributed by atoms with Crippen molar-refractivity contribution in [3.8, 4) is 5.69 Å². The topological polar surface area (TPSA) is 73.0 Å². The molecule has 7 nitrogen and oxygen atoms in total. The van der Waals surface area contributed by atoms with Crippen molar-refractivity contribution in [3.05, 3.63) is 81.7 Å². The van der Waals surface area contributed by atoms with E-state index in [0.717, 1.165) is 11.3 Å². The van der Waals surface area contributed by atoms with Crippen LogP contribution in [0.25, 0.3) is 16.7 Å². The molecule has 9 heteroatoms. The molecule has 0 saturated heterocycles. The highest BCUT2D eigenvalue weighted by atomic mass is 35.5. The molecule has 1 unspecified atom stereocenters. The Morgan fingerprint density at radius 1 is 1.18 bits per heavy atom. The minimum Gasteiger partial charge on any atom is -0.339 e. The first kappa shape index (κ1) is 21.7. The summed E-state index contributed by atoms with van der Waals surface area (Å²) in [4.78, 5) is 33.0. The molecule has 1 atom stereocenters. The van der Waals surface area contributed by atoms with Gasteiger partial charge in [-0.25, -0.2) is 9.67 Å². The van der Waals surface area contributed by atoms with E-state index in [4.69, 9.17) is 16.6 Å². The Morgan fingerprint density at radius 2 is 1.94 bits per heavy atom. The molecule has 0 aliphatic carbocycles. The summed E-state index contributed by atoms with van der Waals surface area (Å²) >= 11 is 7.49. The largest absolute Gasteiger partial charge is 0.339 e. The predicted molar refractivity (Wildman–Crippen MR) is 130 cm³/mol. The maximum atomic E-state index is 13.4. The fourth-order valence-electron chi connectivity index (χ4n) is 4.06. The van der Waals surface area contributed by atoms with Crippen LogP contribution in [0.1, 0.15) is 24.9 Å². The Bertz CT molecular complexity index is 1370. The molecule has 0 radical (unpaired) electrons. The molecule has 168 valence electrons. The molecule has 2 aromatic heterocycles. The molecule has 0 N–H and O–H groups in total. The molecular formula is C24H22ClN5O2S. The van der Waals surface area contributed by atoms with Crippen LogP contribution >= 0.6 is 23.4 Å². The second-order valence-corrected chi connectivity index (χ2v) is 9.33. The van der Waals surface area contributed by atoms with E-state index in [2.05, 4.69) is 5.10 Å². The van der Waals surface area contributed by atoms with Crippen LogP contribution < -0.4 is 5.56 Å². The first-order valence-corrected chi connectivity index (χ1v) is 12.1. The first-order valence-electron chi connectivity index (χ1n) is 10.8. The van der Waals surface area contributed by atoms with Crippen LogP contribution in [0, 0.1) is 0 Å². The number of benzene rings is 2. The summed E-state index contributed by atoms with van der Waals surface area (Å²) in [5.41, 5.74) is 2.21. The quantitative estimate of drug-likeness (QED) is 0.385. The molecule has 3 heterocycles. The van der Waals surface area contributed by atoms with Crippen molar-refractivity contribution >= 4 is 40.3 Å². The number of carbonyl (C=O) groups excluding carboxylic acids is 1. The zero-order valence-corrected chi connectivity index (χ0v) is 19.6. The molecular weight excluding hydrogens is 458 g/mol. The number of hydrogen-bond donors (Lipinski definition) is 0. The summed E-state index contributed by atoms with van der Waals surface area (Å²) in [7, 11) is 0. The van der Waals surface area contributed by atoms with E-state index in [0.29, 0.717) is 40.1 Å². The van der Waals surface area contributed by atoms with Gasteiger partial charge in [-0.05, 0) is 36.8 Å². The summed E-state index contributed by atoms with van der Waals surface area (Å²) < 4.78 is 3.31. The number of carbonyl (C=O) groups is 1. The van der Waals surface area contributed by atoms with Crippen LogP contribution in [-0.2, 0) is 11.3 Å². The van der Waals surface area contributed by atoms with E-state index in [-0.39, 0.29) is 23.9 Å². The van der Waals surface area contributed by atoms with E-state index < -0.39 is 0 Å². The molecule has 1 aliphatic rings. The highest BCUT2D eigenvalue weighted by Gasteiger charge is 2.30. The van der Waals surface area contributed by atoms with Gasteiger partial charge in [0.15, 0.2) is 10.8 Å². The van der Waals surface area contributed by atoms with Gasteiger partial charge in [0.05, 0.1) is 17.9 Å². The molecule has 1 aliphatic heterocycles. The third kappa shape index (κ3) is 4.16. The van der Waals surface area contributed by atoms with E-state index in [1.165, 1.54) is 11.8 Å². The standard InChI is InChI=1S/C24H22ClN5O2S/c1-2-28(14-16-6-4-3-5-7-16)21(31)12-19-15-33-24-27-22-20(23(32)29(19)24)13-26-30(22)18-10-8-17(25)9-11-18/h3-11,13,19H,2,12,14-15H2,1H3. The van der Waals surface area contributed by atoms with Crippen molar-refractivity contribution < 1.29 is 4.79 Å². The lowest BCUT2D eigenvalue weighted by atomic mass is 10.1. The van der Waals surface area contributed by atoms with E-state index in [9.17, 15) is 9.59 Å². The fraction of sp³-hybridized carbons (Fsp3) is 0.250. The monoisotopic (exact) mass is 479 g/mol. The van der Waals surface area contributed by atoms with Crippen molar-refractivity contribution in [1.82, 2.24) is 24.2 Å². The minimum absolute atomic E-state index is 0.0312. The second-order valence-electron chi connectivity index (χ2n) is 7.90. The molecule has 1 amide bonds. The molecule has 4 aromatic rings. The zero-order valence-electron chi connectivity index (χ0n) is 18.0. The summed E-state index contributed by atoms with van der Waals surface area (Å²) in [5, 5.41) is 6.06. The third-order valence-electron chi connectivity index (χ3n) is 5.80.